The van der Waals surface area contributed by atoms with Gasteiger partial charge in [-0.25, -0.2) is 0 Å². The molecule has 0 aromatic heterocycles. The number of amides is 1. The predicted molar refractivity (Wildman–Crippen MR) is 108 cm³/mol. The minimum Gasteiger partial charge on any atom is -0.406 e. The van der Waals surface area contributed by atoms with Crippen molar-refractivity contribution in [2.75, 3.05) is 32.7 Å². The van der Waals surface area contributed by atoms with Gasteiger partial charge in [-0.1, -0.05) is 12.1 Å². The second kappa shape index (κ2) is 8.55. The molecule has 168 valence electrons. The number of hydrogen-bond donors (Lipinski definition) is 0. The van der Waals surface area contributed by atoms with Gasteiger partial charge >= 0.3 is 6.36 Å². The van der Waals surface area contributed by atoms with Crippen molar-refractivity contribution in [3.8, 4) is 5.75 Å². The maximum absolute atomic E-state index is 12.5. The van der Waals surface area contributed by atoms with Gasteiger partial charge in [-0.3, -0.25) is 4.79 Å². The molecular weight excluding hydrogens is 421 g/mol. The SMILES string of the molecule is CCN1CC2(CCN(CCc3cccc(OC(F)(F)F)c3)CC2)OC2(CC2)C1=O.Cl. The Bertz CT molecular complexity index is 762. The van der Waals surface area contributed by atoms with E-state index in [0.717, 1.165) is 50.9 Å². The van der Waals surface area contributed by atoms with Crippen LogP contribution in [-0.2, 0) is 16.0 Å². The van der Waals surface area contributed by atoms with E-state index in [1.807, 2.05) is 17.9 Å². The first-order valence-corrected chi connectivity index (χ1v) is 10.3. The number of halogens is 4. The van der Waals surface area contributed by atoms with E-state index < -0.39 is 12.0 Å². The highest BCUT2D eigenvalue weighted by Gasteiger charge is 2.61. The van der Waals surface area contributed by atoms with Crippen LogP contribution in [0.15, 0.2) is 24.3 Å². The van der Waals surface area contributed by atoms with Crippen LogP contribution in [0.4, 0.5) is 13.2 Å². The average Bonchev–Trinajstić information content (AvgIpc) is 3.43. The number of piperidine rings is 1. The molecule has 1 amide bonds. The summed E-state index contributed by atoms with van der Waals surface area (Å²) in [5.74, 6) is -0.0312. The van der Waals surface area contributed by atoms with Crippen LogP contribution in [0.25, 0.3) is 0 Å². The monoisotopic (exact) mass is 448 g/mol. The van der Waals surface area contributed by atoms with Crippen LogP contribution in [-0.4, -0.2) is 66.0 Å². The Morgan fingerprint density at radius 1 is 1.17 bits per heavy atom. The van der Waals surface area contributed by atoms with Gasteiger partial charge in [0.25, 0.3) is 5.91 Å². The van der Waals surface area contributed by atoms with Gasteiger partial charge in [-0.2, -0.15) is 0 Å². The maximum Gasteiger partial charge on any atom is 0.573 e. The van der Waals surface area contributed by atoms with Gasteiger partial charge in [0.05, 0.1) is 5.60 Å². The molecule has 0 bridgehead atoms. The third-order valence-electron chi connectivity index (χ3n) is 6.27. The first-order chi connectivity index (χ1) is 13.7. The van der Waals surface area contributed by atoms with Crippen molar-refractivity contribution in [1.82, 2.24) is 9.80 Å². The molecule has 5 nitrogen and oxygen atoms in total. The Kier molecular flexibility index (Phi) is 6.60. The number of carbonyl (C=O) groups excluding carboxylic acids is 1. The normalized spacial score (nSPS) is 22.8. The minimum absolute atomic E-state index is 0. The third kappa shape index (κ3) is 5.03. The van der Waals surface area contributed by atoms with Crippen LogP contribution in [0.2, 0.25) is 0 Å². The molecular formula is C21H28ClF3N2O3. The first kappa shape index (κ1) is 23.2. The Labute approximate surface area is 180 Å². The van der Waals surface area contributed by atoms with Gasteiger partial charge in [-0.05, 0) is 56.7 Å². The topological polar surface area (TPSA) is 42.0 Å². The number of nitrogens with zero attached hydrogens (tertiary/aromatic N) is 2. The number of likely N-dealkylation sites (N-methyl/N-ethyl adjacent to an activating group) is 1. The predicted octanol–water partition coefficient (Wildman–Crippen LogP) is 3.80. The van der Waals surface area contributed by atoms with Crippen LogP contribution in [0, 0.1) is 0 Å². The summed E-state index contributed by atoms with van der Waals surface area (Å²) in [6.45, 7) is 5.88. The average molecular weight is 449 g/mol. The van der Waals surface area contributed by atoms with Crippen molar-refractivity contribution in [2.45, 2.75) is 56.6 Å². The molecule has 1 aromatic rings. The molecule has 1 aromatic carbocycles. The Morgan fingerprint density at radius 2 is 1.87 bits per heavy atom. The van der Waals surface area contributed by atoms with E-state index in [2.05, 4.69) is 9.64 Å². The number of carbonyl (C=O) groups is 1. The van der Waals surface area contributed by atoms with E-state index in [1.165, 1.54) is 12.1 Å². The fourth-order valence-corrected chi connectivity index (χ4v) is 4.51. The lowest BCUT2D eigenvalue weighted by molar-refractivity contribution is -0.274. The highest BCUT2D eigenvalue weighted by Crippen LogP contribution is 2.49. The highest BCUT2D eigenvalue weighted by atomic mass is 35.5. The molecule has 0 radical (unpaired) electrons. The van der Waals surface area contributed by atoms with Gasteiger partial charge < -0.3 is 19.3 Å². The van der Waals surface area contributed by atoms with Crippen molar-refractivity contribution in [3.05, 3.63) is 29.8 Å². The zero-order valence-corrected chi connectivity index (χ0v) is 17.9. The Morgan fingerprint density at radius 3 is 2.47 bits per heavy atom. The number of rotatable bonds is 5. The molecule has 1 saturated carbocycles. The van der Waals surface area contributed by atoms with Gasteiger partial charge in [0.15, 0.2) is 0 Å². The summed E-state index contributed by atoms with van der Waals surface area (Å²) < 4.78 is 47.6. The number of alkyl halides is 3. The fraction of sp³-hybridized carbons (Fsp3) is 0.667. The zero-order valence-electron chi connectivity index (χ0n) is 17.0. The molecule has 2 heterocycles. The summed E-state index contributed by atoms with van der Waals surface area (Å²) in [5, 5.41) is 0. The summed E-state index contributed by atoms with van der Waals surface area (Å²) in [7, 11) is 0. The largest absolute Gasteiger partial charge is 0.573 e. The molecule has 30 heavy (non-hydrogen) atoms. The van der Waals surface area contributed by atoms with Gasteiger partial charge in [-0.15, -0.1) is 25.6 Å². The van der Waals surface area contributed by atoms with Gasteiger partial charge in [0, 0.05) is 32.7 Å². The summed E-state index contributed by atoms with van der Waals surface area (Å²) in [4.78, 5) is 16.8. The van der Waals surface area contributed by atoms with E-state index in [1.54, 1.807) is 6.07 Å². The van der Waals surface area contributed by atoms with Crippen LogP contribution < -0.4 is 4.74 Å². The molecule has 2 saturated heterocycles. The molecule has 2 aliphatic heterocycles. The fourth-order valence-electron chi connectivity index (χ4n) is 4.51. The molecule has 9 heteroatoms. The lowest BCUT2D eigenvalue weighted by Gasteiger charge is -2.50. The zero-order chi connectivity index (χ0) is 20.7. The van der Waals surface area contributed by atoms with Crippen molar-refractivity contribution < 1.29 is 27.4 Å². The van der Waals surface area contributed by atoms with Gasteiger partial charge in [0.2, 0.25) is 0 Å². The molecule has 3 aliphatic rings. The maximum atomic E-state index is 12.5. The number of morpholine rings is 1. The van der Waals surface area contributed by atoms with E-state index >= 15 is 0 Å². The summed E-state index contributed by atoms with van der Waals surface area (Å²) in [5.41, 5.74) is 0.00728. The number of benzene rings is 1. The van der Waals surface area contributed by atoms with Crippen LogP contribution in [0.1, 0.15) is 38.2 Å². The summed E-state index contributed by atoms with van der Waals surface area (Å²) >= 11 is 0. The van der Waals surface area contributed by atoms with Crippen molar-refractivity contribution in [3.63, 3.8) is 0 Å². The molecule has 0 atom stereocenters. The van der Waals surface area contributed by atoms with Crippen LogP contribution in [0.3, 0.4) is 0 Å². The number of hydrogen-bond acceptors (Lipinski definition) is 4. The smallest absolute Gasteiger partial charge is 0.406 e. The Balaban J connectivity index is 0.00000256. The van der Waals surface area contributed by atoms with Crippen molar-refractivity contribution >= 4 is 18.3 Å². The molecule has 1 aliphatic carbocycles. The quantitative estimate of drug-likeness (QED) is 0.687. The first-order valence-electron chi connectivity index (χ1n) is 10.3. The summed E-state index contributed by atoms with van der Waals surface area (Å²) in [6.07, 6.45) is -0.626. The van der Waals surface area contributed by atoms with E-state index in [0.29, 0.717) is 19.5 Å². The van der Waals surface area contributed by atoms with Gasteiger partial charge in [0.1, 0.15) is 11.4 Å². The molecule has 2 spiro atoms. The molecule has 0 unspecified atom stereocenters. The summed E-state index contributed by atoms with van der Waals surface area (Å²) in [6, 6.07) is 6.17. The van der Waals surface area contributed by atoms with Crippen LogP contribution in [0.5, 0.6) is 5.75 Å². The highest BCUT2D eigenvalue weighted by molar-refractivity contribution is 5.89. The van der Waals surface area contributed by atoms with Crippen LogP contribution >= 0.6 is 12.4 Å². The number of ether oxygens (including phenoxy) is 2. The van der Waals surface area contributed by atoms with Crippen molar-refractivity contribution in [2.24, 2.45) is 0 Å². The standard InChI is InChI=1S/C21H27F3N2O3.ClH/c1-2-26-15-19(29-20(7-8-20)18(26)27)9-12-25(13-10-19)11-6-16-4-3-5-17(14-16)28-21(22,23)24;/h3-5,14H,2,6-13,15H2,1H3;1H. The number of likely N-dealkylation sites (tertiary alicyclic amines) is 1. The lowest BCUT2D eigenvalue weighted by atomic mass is 9.87. The lowest BCUT2D eigenvalue weighted by Crippen LogP contribution is -2.62. The van der Waals surface area contributed by atoms with E-state index in [9.17, 15) is 18.0 Å². The van der Waals surface area contributed by atoms with E-state index in [4.69, 9.17) is 4.74 Å². The third-order valence-corrected chi connectivity index (χ3v) is 6.27. The minimum atomic E-state index is -4.67. The molecule has 3 fully saturated rings. The molecule has 4 rings (SSSR count). The molecule has 0 N–H and O–H groups in total. The Hall–Kier alpha value is -1.51. The van der Waals surface area contributed by atoms with E-state index in [-0.39, 0.29) is 29.7 Å². The van der Waals surface area contributed by atoms with Crippen molar-refractivity contribution in [1.29, 1.82) is 0 Å². The second-order valence-electron chi connectivity index (χ2n) is 8.39. The second-order valence-corrected chi connectivity index (χ2v) is 8.39.